The predicted molar refractivity (Wildman–Crippen MR) is 64.3 cm³/mol. The molecule has 0 aliphatic carbocycles. The van der Waals surface area contributed by atoms with E-state index in [1.807, 2.05) is 0 Å². The molecule has 0 aromatic rings. The standard InChI is InChI=1S/C12H23N3O/c1-3-14-8-9-15(12(16)10-14)11-4-6-13(2)7-5-11/h11H,3-10H2,1-2H3. The Morgan fingerprint density at radius 1 is 1.19 bits per heavy atom. The van der Waals surface area contributed by atoms with E-state index in [1.165, 1.54) is 0 Å². The van der Waals surface area contributed by atoms with Crippen LogP contribution in [0.1, 0.15) is 19.8 Å². The minimum Gasteiger partial charge on any atom is -0.337 e. The molecule has 0 spiro atoms. The van der Waals surface area contributed by atoms with Gasteiger partial charge in [-0.15, -0.1) is 0 Å². The van der Waals surface area contributed by atoms with Crippen molar-refractivity contribution in [3.63, 3.8) is 0 Å². The smallest absolute Gasteiger partial charge is 0.237 e. The molecule has 0 saturated carbocycles. The summed E-state index contributed by atoms with van der Waals surface area (Å²) in [5, 5.41) is 0. The summed E-state index contributed by atoms with van der Waals surface area (Å²) < 4.78 is 0. The maximum Gasteiger partial charge on any atom is 0.237 e. The molecular formula is C12H23N3O. The second-order valence-corrected chi connectivity index (χ2v) is 4.99. The number of rotatable bonds is 2. The Kier molecular flexibility index (Phi) is 3.82. The Morgan fingerprint density at radius 3 is 2.44 bits per heavy atom. The summed E-state index contributed by atoms with van der Waals surface area (Å²) >= 11 is 0. The minimum atomic E-state index is 0.336. The maximum atomic E-state index is 12.0. The zero-order valence-electron chi connectivity index (χ0n) is 10.5. The van der Waals surface area contributed by atoms with Crippen LogP contribution in [0.25, 0.3) is 0 Å². The topological polar surface area (TPSA) is 26.8 Å². The van der Waals surface area contributed by atoms with E-state index >= 15 is 0 Å². The highest BCUT2D eigenvalue weighted by Gasteiger charge is 2.30. The summed E-state index contributed by atoms with van der Waals surface area (Å²) in [7, 11) is 2.16. The third-order valence-corrected chi connectivity index (χ3v) is 3.91. The first-order valence-electron chi connectivity index (χ1n) is 6.41. The van der Waals surface area contributed by atoms with Gasteiger partial charge in [-0.1, -0.05) is 6.92 Å². The number of hydrogen-bond acceptors (Lipinski definition) is 3. The fraction of sp³-hybridized carbons (Fsp3) is 0.917. The SMILES string of the molecule is CCN1CCN(C2CCN(C)CC2)C(=O)C1. The van der Waals surface area contributed by atoms with E-state index in [1.54, 1.807) is 0 Å². The van der Waals surface area contributed by atoms with Gasteiger partial charge in [-0.2, -0.15) is 0 Å². The largest absolute Gasteiger partial charge is 0.337 e. The number of piperazine rings is 1. The monoisotopic (exact) mass is 225 g/mol. The van der Waals surface area contributed by atoms with Crippen LogP contribution < -0.4 is 0 Å². The van der Waals surface area contributed by atoms with Crippen molar-refractivity contribution in [1.82, 2.24) is 14.7 Å². The van der Waals surface area contributed by atoms with E-state index in [2.05, 4.69) is 28.7 Å². The number of piperidine rings is 1. The van der Waals surface area contributed by atoms with Gasteiger partial charge in [-0.25, -0.2) is 0 Å². The molecule has 92 valence electrons. The molecule has 2 aliphatic heterocycles. The Hall–Kier alpha value is -0.610. The van der Waals surface area contributed by atoms with Crippen LogP contribution in [0, 0.1) is 0 Å². The van der Waals surface area contributed by atoms with Crippen molar-refractivity contribution in [3.8, 4) is 0 Å². The van der Waals surface area contributed by atoms with E-state index in [9.17, 15) is 4.79 Å². The summed E-state index contributed by atoms with van der Waals surface area (Å²) in [4.78, 5) is 18.7. The fourth-order valence-electron chi connectivity index (χ4n) is 2.70. The van der Waals surface area contributed by atoms with Gasteiger partial charge in [0.25, 0.3) is 0 Å². The van der Waals surface area contributed by atoms with Crippen molar-refractivity contribution in [1.29, 1.82) is 0 Å². The van der Waals surface area contributed by atoms with Crippen LogP contribution in [0.2, 0.25) is 0 Å². The number of likely N-dealkylation sites (tertiary alicyclic amines) is 1. The van der Waals surface area contributed by atoms with Crippen molar-refractivity contribution in [2.45, 2.75) is 25.8 Å². The molecule has 0 bridgehead atoms. The lowest BCUT2D eigenvalue weighted by Gasteiger charge is -2.41. The first-order chi connectivity index (χ1) is 7.70. The number of likely N-dealkylation sites (N-methyl/N-ethyl adjacent to an activating group) is 1. The zero-order valence-corrected chi connectivity index (χ0v) is 10.5. The third-order valence-electron chi connectivity index (χ3n) is 3.91. The van der Waals surface area contributed by atoms with E-state index < -0.39 is 0 Å². The number of carbonyl (C=O) groups excluding carboxylic acids is 1. The fourth-order valence-corrected chi connectivity index (χ4v) is 2.70. The van der Waals surface area contributed by atoms with Gasteiger partial charge in [0.2, 0.25) is 5.91 Å². The quantitative estimate of drug-likeness (QED) is 0.674. The van der Waals surface area contributed by atoms with Gasteiger partial charge in [0, 0.05) is 19.1 Å². The molecule has 2 aliphatic rings. The van der Waals surface area contributed by atoms with Crippen LogP contribution in [0.15, 0.2) is 0 Å². The first kappa shape index (κ1) is 11.9. The molecule has 4 heteroatoms. The second-order valence-electron chi connectivity index (χ2n) is 4.99. The van der Waals surface area contributed by atoms with Crippen molar-refractivity contribution in [2.75, 3.05) is 46.3 Å². The van der Waals surface area contributed by atoms with Crippen molar-refractivity contribution in [2.24, 2.45) is 0 Å². The lowest BCUT2D eigenvalue weighted by molar-refractivity contribution is -0.139. The molecule has 0 unspecified atom stereocenters. The van der Waals surface area contributed by atoms with Crippen molar-refractivity contribution in [3.05, 3.63) is 0 Å². The van der Waals surface area contributed by atoms with Crippen molar-refractivity contribution < 1.29 is 4.79 Å². The summed E-state index contributed by atoms with van der Waals surface area (Å²) in [6.07, 6.45) is 2.29. The molecule has 0 aromatic carbocycles. The molecule has 2 saturated heterocycles. The number of nitrogens with zero attached hydrogens (tertiary/aromatic N) is 3. The molecule has 1 amide bonds. The van der Waals surface area contributed by atoms with Gasteiger partial charge in [0.15, 0.2) is 0 Å². The van der Waals surface area contributed by atoms with E-state index in [4.69, 9.17) is 0 Å². The van der Waals surface area contributed by atoms with Gasteiger partial charge in [-0.05, 0) is 39.5 Å². The maximum absolute atomic E-state index is 12.0. The minimum absolute atomic E-state index is 0.336. The van der Waals surface area contributed by atoms with Gasteiger partial charge < -0.3 is 9.80 Å². The average molecular weight is 225 g/mol. The zero-order chi connectivity index (χ0) is 11.5. The molecule has 0 aromatic heterocycles. The molecule has 0 radical (unpaired) electrons. The van der Waals surface area contributed by atoms with E-state index in [0.717, 1.165) is 45.6 Å². The van der Waals surface area contributed by atoms with Crippen LogP contribution in [0.3, 0.4) is 0 Å². The molecule has 16 heavy (non-hydrogen) atoms. The van der Waals surface area contributed by atoms with Crippen LogP contribution in [-0.4, -0.2) is 73.0 Å². The summed E-state index contributed by atoms with van der Waals surface area (Å²) in [6, 6.07) is 0.503. The van der Waals surface area contributed by atoms with Gasteiger partial charge in [0.1, 0.15) is 0 Å². The molecule has 4 nitrogen and oxygen atoms in total. The summed E-state index contributed by atoms with van der Waals surface area (Å²) in [6.45, 7) is 7.99. The molecule has 2 fully saturated rings. The Labute approximate surface area is 98.2 Å². The van der Waals surface area contributed by atoms with Crippen molar-refractivity contribution >= 4 is 5.91 Å². The average Bonchev–Trinajstić information content (AvgIpc) is 2.30. The highest BCUT2D eigenvalue weighted by molar-refractivity contribution is 5.79. The Morgan fingerprint density at radius 2 is 1.88 bits per heavy atom. The Bertz CT molecular complexity index is 249. The van der Waals surface area contributed by atoms with Gasteiger partial charge >= 0.3 is 0 Å². The van der Waals surface area contributed by atoms with E-state index in [-0.39, 0.29) is 0 Å². The number of carbonyl (C=O) groups is 1. The van der Waals surface area contributed by atoms with E-state index in [0.29, 0.717) is 18.5 Å². The first-order valence-corrected chi connectivity index (χ1v) is 6.41. The highest BCUT2D eigenvalue weighted by Crippen LogP contribution is 2.17. The number of hydrogen-bond donors (Lipinski definition) is 0. The second kappa shape index (κ2) is 5.15. The third kappa shape index (κ3) is 2.55. The summed E-state index contributed by atoms with van der Waals surface area (Å²) in [5.74, 6) is 0.336. The molecule has 0 N–H and O–H groups in total. The molecule has 2 heterocycles. The van der Waals surface area contributed by atoms with Gasteiger partial charge in [0.05, 0.1) is 6.54 Å². The molecule has 0 atom stereocenters. The normalized spacial score (nSPS) is 26.4. The highest BCUT2D eigenvalue weighted by atomic mass is 16.2. The lowest BCUT2D eigenvalue weighted by Crippen LogP contribution is -2.55. The van der Waals surface area contributed by atoms with Crippen LogP contribution >= 0.6 is 0 Å². The number of amides is 1. The molecular weight excluding hydrogens is 202 g/mol. The lowest BCUT2D eigenvalue weighted by atomic mass is 10.0. The predicted octanol–water partition coefficient (Wildman–Crippen LogP) is 0.245. The van der Waals surface area contributed by atoms with Crippen LogP contribution in [0.5, 0.6) is 0 Å². The van der Waals surface area contributed by atoms with Crippen LogP contribution in [-0.2, 0) is 4.79 Å². The van der Waals surface area contributed by atoms with Crippen LogP contribution in [0.4, 0.5) is 0 Å². The Balaban J connectivity index is 1.88. The summed E-state index contributed by atoms with van der Waals surface area (Å²) in [5.41, 5.74) is 0. The molecule has 2 rings (SSSR count). The van der Waals surface area contributed by atoms with Gasteiger partial charge in [-0.3, -0.25) is 9.69 Å².